The first-order valence-corrected chi connectivity index (χ1v) is 7.93. The molecular weight excluding hydrogens is 284 g/mol. The Morgan fingerprint density at radius 3 is 3.10 bits per heavy atom. The largest absolute Gasteiger partial charge is 0.460 e. The fraction of sp³-hybridized carbons (Fsp3) is 0.250. The third-order valence-corrected chi connectivity index (χ3v) is 4.14. The maximum atomic E-state index is 11.9. The number of fused-ring (bicyclic) bond motifs is 1. The number of benzene rings is 1. The van der Waals surface area contributed by atoms with E-state index in [1.165, 1.54) is 6.08 Å². The van der Waals surface area contributed by atoms with Crippen LogP contribution >= 0.6 is 11.8 Å². The summed E-state index contributed by atoms with van der Waals surface area (Å²) in [6.45, 7) is 2.81. The molecule has 2 heterocycles. The number of furan rings is 1. The van der Waals surface area contributed by atoms with Crippen molar-refractivity contribution in [2.45, 2.75) is 13.3 Å². The summed E-state index contributed by atoms with van der Waals surface area (Å²) < 4.78 is 5.80. The van der Waals surface area contributed by atoms with Crippen LogP contribution in [0.25, 0.3) is 17.0 Å². The molecule has 0 fully saturated rings. The van der Waals surface area contributed by atoms with E-state index in [9.17, 15) is 4.79 Å². The van der Waals surface area contributed by atoms with Gasteiger partial charge in [-0.2, -0.15) is 0 Å². The summed E-state index contributed by atoms with van der Waals surface area (Å²) >= 11 is 1.57. The highest BCUT2D eigenvalue weighted by Gasteiger charge is 2.11. The van der Waals surface area contributed by atoms with Gasteiger partial charge in [0.05, 0.1) is 6.54 Å². The molecule has 0 saturated carbocycles. The Morgan fingerprint density at radius 2 is 2.33 bits per heavy atom. The monoisotopic (exact) mass is 300 g/mol. The van der Waals surface area contributed by atoms with Crippen LogP contribution in [0.4, 0.5) is 0 Å². The van der Waals surface area contributed by atoms with Crippen molar-refractivity contribution in [2.24, 2.45) is 4.99 Å². The van der Waals surface area contributed by atoms with Crippen LogP contribution in [0, 0.1) is 0 Å². The zero-order valence-corrected chi connectivity index (χ0v) is 12.6. The van der Waals surface area contributed by atoms with Gasteiger partial charge >= 0.3 is 0 Å². The second-order valence-electron chi connectivity index (χ2n) is 4.65. The average molecular weight is 300 g/mol. The number of thioether (sulfide) groups is 1. The van der Waals surface area contributed by atoms with Gasteiger partial charge in [-0.3, -0.25) is 9.79 Å². The highest BCUT2D eigenvalue weighted by Crippen LogP contribution is 2.27. The van der Waals surface area contributed by atoms with Gasteiger partial charge in [0.15, 0.2) is 5.17 Å². The summed E-state index contributed by atoms with van der Waals surface area (Å²) in [5.41, 5.74) is 1.83. The standard InChI is InChI=1S/C16H16N2O2S/c1-2-13-12(11-5-3-4-6-14(11)20-13)7-8-15(19)18-16-17-9-10-21-16/h3-8H,2,9-10H2,1H3,(H,17,18,19)/b8-7+. The molecule has 4 nitrogen and oxygen atoms in total. The molecule has 5 heteroatoms. The summed E-state index contributed by atoms with van der Waals surface area (Å²) in [7, 11) is 0. The van der Waals surface area contributed by atoms with E-state index in [-0.39, 0.29) is 5.91 Å². The van der Waals surface area contributed by atoms with Crippen LogP contribution in [-0.4, -0.2) is 23.4 Å². The molecule has 3 rings (SSSR count). The van der Waals surface area contributed by atoms with Gasteiger partial charge in [-0.15, -0.1) is 0 Å². The molecule has 1 aromatic heterocycles. The lowest BCUT2D eigenvalue weighted by Gasteiger charge is -1.99. The lowest BCUT2D eigenvalue weighted by Crippen LogP contribution is -2.25. The van der Waals surface area contributed by atoms with E-state index in [1.54, 1.807) is 11.8 Å². The fourth-order valence-corrected chi connectivity index (χ4v) is 3.01. The van der Waals surface area contributed by atoms with Crippen LogP contribution in [0.15, 0.2) is 39.8 Å². The van der Waals surface area contributed by atoms with E-state index in [0.717, 1.165) is 41.0 Å². The van der Waals surface area contributed by atoms with Gasteiger partial charge < -0.3 is 9.73 Å². The Morgan fingerprint density at radius 1 is 1.48 bits per heavy atom. The van der Waals surface area contributed by atoms with E-state index in [0.29, 0.717) is 5.17 Å². The molecule has 1 aromatic carbocycles. The molecule has 1 N–H and O–H groups in total. The van der Waals surface area contributed by atoms with Crippen LogP contribution in [0.3, 0.4) is 0 Å². The number of carbonyl (C=O) groups excluding carboxylic acids is 1. The summed E-state index contributed by atoms with van der Waals surface area (Å²) in [5.74, 6) is 1.68. The third kappa shape index (κ3) is 3.03. The Bertz CT molecular complexity index is 731. The van der Waals surface area contributed by atoms with E-state index < -0.39 is 0 Å². The number of carbonyl (C=O) groups is 1. The average Bonchev–Trinajstić information content (AvgIpc) is 3.12. The molecule has 0 radical (unpaired) electrons. The van der Waals surface area contributed by atoms with Crippen molar-refractivity contribution in [3.8, 4) is 0 Å². The van der Waals surface area contributed by atoms with Gasteiger partial charge in [0.1, 0.15) is 11.3 Å². The molecule has 1 aliphatic heterocycles. The van der Waals surface area contributed by atoms with Crippen LogP contribution in [-0.2, 0) is 11.2 Å². The highest BCUT2D eigenvalue weighted by molar-refractivity contribution is 8.14. The molecule has 0 bridgehead atoms. The quantitative estimate of drug-likeness (QED) is 0.885. The van der Waals surface area contributed by atoms with Crippen molar-refractivity contribution in [1.29, 1.82) is 0 Å². The molecule has 0 unspecified atom stereocenters. The molecule has 1 amide bonds. The first kappa shape index (κ1) is 13.9. The molecule has 2 aromatic rings. The van der Waals surface area contributed by atoms with Gasteiger partial charge in [-0.1, -0.05) is 36.9 Å². The molecule has 21 heavy (non-hydrogen) atoms. The lowest BCUT2D eigenvalue weighted by molar-refractivity contribution is -0.115. The van der Waals surface area contributed by atoms with Crippen LogP contribution in [0.2, 0.25) is 0 Å². The minimum atomic E-state index is -0.157. The van der Waals surface area contributed by atoms with Crippen LogP contribution in [0.1, 0.15) is 18.2 Å². The van der Waals surface area contributed by atoms with Crippen molar-refractivity contribution < 1.29 is 9.21 Å². The first-order valence-electron chi connectivity index (χ1n) is 6.94. The van der Waals surface area contributed by atoms with E-state index in [2.05, 4.69) is 10.3 Å². The number of amides is 1. The van der Waals surface area contributed by atoms with Crippen molar-refractivity contribution in [2.75, 3.05) is 12.3 Å². The summed E-state index contributed by atoms with van der Waals surface area (Å²) in [6, 6.07) is 7.86. The zero-order valence-electron chi connectivity index (χ0n) is 11.8. The van der Waals surface area contributed by atoms with Gasteiger partial charge in [0.2, 0.25) is 5.91 Å². The van der Waals surface area contributed by atoms with Crippen LogP contribution in [0.5, 0.6) is 0 Å². The molecule has 1 aliphatic rings. The maximum Gasteiger partial charge on any atom is 0.249 e. The van der Waals surface area contributed by atoms with Crippen molar-refractivity contribution >= 4 is 39.9 Å². The number of aliphatic imine (C=N–C) groups is 1. The smallest absolute Gasteiger partial charge is 0.249 e. The predicted octanol–water partition coefficient (Wildman–Crippen LogP) is 3.23. The summed E-state index contributed by atoms with van der Waals surface area (Å²) in [6.07, 6.45) is 4.15. The number of hydrogen-bond acceptors (Lipinski definition) is 4. The number of rotatable bonds is 3. The molecule has 108 valence electrons. The number of amidine groups is 1. The Hall–Kier alpha value is -2.01. The molecule has 0 aliphatic carbocycles. The minimum Gasteiger partial charge on any atom is -0.460 e. The number of aryl methyl sites for hydroxylation is 1. The number of hydrogen-bond donors (Lipinski definition) is 1. The second kappa shape index (κ2) is 6.18. The van der Waals surface area contributed by atoms with Crippen LogP contribution < -0.4 is 5.32 Å². The molecule has 0 spiro atoms. The lowest BCUT2D eigenvalue weighted by atomic mass is 10.1. The molecular formula is C16H16N2O2S. The van der Waals surface area contributed by atoms with Crippen molar-refractivity contribution in [3.05, 3.63) is 41.7 Å². The Labute approximate surface area is 127 Å². The van der Waals surface area contributed by atoms with Gasteiger partial charge in [0, 0.05) is 29.2 Å². The van der Waals surface area contributed by atoms with Gasteiger partial charge in [0.25, 0.3) is 0 Å². The Kier molecular flexibility index (Phi) is 4.10. The topological polar surface area (TPSA) is 54.6 Å². The summed E-state index contributed by atoms with van der Waals surface area (Å²) in [4.78, 5) is 16.1. The van der Waals surface area contributed by atoms with Gasteiger partial charge in [-0.05, 0) is 12.1 Å². The number of nitrogens with one attached hydrogen (secondary N) is 1. The number of para-hydroxylation sites is 1. The summed E-state index contributed by atoms with van der Waals surface area (Å²) in [5, 5.41) is 4.52. The number of nitrogens with zero attached hydrogens (tertiary/aromatic N) is 1. The maximum absolute atomic E-state index is 11.9. The first-order chi connectivity index (χ1) is 10.3. The Balaban J connectivity index is 1.83. The minimum absolute atomic E-state index is 0.157. The highest BCUT2D eigenvalue weighted by atomic mass is 32.2. The fourth-order valence-electron chi connectivity index (χ4n) is 2.28. The second-order valence-corrected chi connectivity index (χ2v) is 5.73. The molecule has 0 atom stereocenters. The normalized spacial score (nSPS) is 14.8. The van der Waals surface area contributed by atoms with Gasteiger partial charge in [-0.25, -0.2) is 0 Å². The molecule has 0 saturated heterocycles. The van der Waals surface area contributed by atoms with Crippen molar-refractivity contribution in [1.82, 2.24) is 5.32 Å². The predicted molar refractivity (Wildman–Crippen MR) is 87.5 cm³/mol. The van der Waals surface area contributed by atoms with E-state index in [1.807, 2.05) is 37.3 Å². The van der Waals surface area contributed by atoms with Crippen molar-refractivity contribution in [3.63, 3.8) is 0 Å². The third-order valence-electron chi connectivity index (χ3n) is 3.25. The van der Waals surface area contributed by atoms with E-state index in [4.69, 9.17) is 4.42 Å². The SMILES string of the molecule is CCc1oc2ccccc2c1/C=C/C(=O)NC1=NCCS1. The zero-order chi connectivity index (χ0) is 14.7. The van der Waals surface area contributed by atoms with E-state index >= 15 is 0 Å².